The number of benzene rings is 1. The fourth-order valence-electron chi connectivity index (χ4n) is 3.98. The summed E-state index contributed by atoms with van der Waals surface area (Å²) in [6, 6.07) is 2.81. The maximum absolute atomic E-state index is 14.0. The molecule has 160 valence electrons. The fourth-order valence-corrected chi connectivity index (χ4v) is 3.98. The molecule has 11 heteroatoms. The van der Waals surface area contributed by atoms with E-state index in [4.69, 9.17) is 15.6 Å². The number of nitrogens with zero attached hydrogens (tertiary/aromatic N) is 2. The lowest BCUT2D eigenvalue weighted by Crippen LogP contribution is -2.50. The summed E-state index contributed by atoms with van der Waals surface area (Å²) >= 11 is 0. The molecule has 0 aliphatic carbocycles. The molecule has 1 aromatic carbocycles. The molecule has 0 amide bonds. The minimum Gasteiger partial charge on any atom is -0.476 e. The Labute approximate surface area is 178 Å². The lowest BCUT2D eigenvalue weighted by atomic mass is 9.92. The Balaban J connectivity index is 0.00000150. The average molecular weight is 451 g/mol. The number of hydrogen-bond donors (Lipinski definition) is 3. The van der Waals surface area contributed by atoms with Gasteiger partial charge in [0.2, 0.25) is 0 Å². The molecule has 4 rings (SSSR count). The third-order valence-corrected chi connectivity index (χ3v) is 5.35. The van der Waals surface area contributed by atoms with Crippen LogP contribution in [0.2, 0.25) is 0 Å². The molecule has 3 atom stereocenters. The van der Waals surface area contributed by atoms with E-state index in [0.717, 1.165) is 29.5 Å². The zero-order chi connectivity index (χ0) is 19.1. The summed E-state index contributed by atoms with van der Waals surface area (Å²) in [4.78, 5) is 13.3. The van der Waals surface area contributed by atoms with E-state index in [2.05, 4.69) is 15.1 Å². The molecule has 1 aromatic heterocycles. The van der Waals surface area contributed by atoms with Crippen LogP contribution in [0.3, 0.4) is 0 Å². The minimum absolute atomic E-state index is 0. The number of aromatic nitrogens is 2. The van der Waals surface area contributed by atoms with Crippen molar-refractivity contribution in [2.75, 3.05) is 13.2 Å². The van der Waals surface area contributed by atoms with Gasteiger partial charge >= 0.3 is 5.97 Å². The van der Waals surface area contributed by atoms with Gasteiger partial charge in [-0.1, -0.05) is 0 Å². The van der Waals surface area contributed by atoms with E-state index >= 15 is 0 Å². The number of hydrogen-bond acceptors (Lipinski definition) is 5. The number of nitrogens with one attached hydrogen (secondary N) is 1. The number of nitrogens with two attached hydrogens (primary N) is 1. The Morgan fingerprint density at radius 1 is 1.34 bits per heavy atom. The second-order valence-corrected chi connectivity index (χ2v) is 7.03. The lowest BCUT2D eigenvalue weighted by Gasteiger charge is -2.41. The Kier molecular flexibility index (Phi) is 7.58. The van der Waals surface area contributed by atoms with Crippen LogP contribution in [0.1, 0.15) is 39.8 Å². The fraction of sp³-hybridized carbons (Fsp3) is 0.444. The van der Waals surface area contributed by atoms with Gasteiger partial charge in [0.05, 0.1) is 12.3 Å². The molecule has 2 aliphatic rings. The number of carbonyl (C=O) groups is 1. The summed E-state index contributed by atoms with van der Waals surface area (Å²) in [6.07, 6.45) is 0.444. The highest BCUT2D eigenvalue weighted by atomic mass is 35.5. The first-order valence-corrected chi connectivity index (χ1v) is 8.79. The van der Waals surface area contributed by atoms with Crippen LogP contribution in [-0.2, 0) is 17.7 Å². The van der Waals surface area contributed by atoms with E-state index in [1.807, 2.05) is 0 Å². The number of fused-ring (bicyclic) bond motifs is 1. The predicted molar refractivity (Wildman–Crippen MR) is 106 cm³/mol. The van der Waals surface area contributed by atoms with Crippen LogP contribution in [0.25, 0.3) is 0 Å². The molecule has 0 saturated carbocycles. The molecule has 2 aliphatic heterocycles. The van der Waals surface area contributed by atoms with Crippen molar-refractivity contribution in [3.63, 3.8) is 0 Å². The highest BCUT2D eigenvalue weighted by Crippen LogP contribution is 2.33. The van der Waals surface area contributed by atoms with Gasteiger partial charge in [0.25, 0.3) is 0 Å². The van der Waals surface area contributed by atoms with E-state index in [9.17, 15) is 13.6 Å². The highest BCUT2D eigenvalue weighted by Gasteiger charge is 2.36. The van der Waals surface area contributed by atoms with Crippen LogP contribution in [-0.4, -0.2) is 51.4 Å². The molecular formula is C18H22Cl2F2N4O3. The second kappa shape index (κ2) is 9.36. The van der Waals surface area contributed by atoms with Crippen molar-refractivity contribution in [3.8, 4) is 0 Å². The monoisotopic (exact) mass is 450 g/mol. The van der Waals surface area contributed by atoms with Crippen LogP contribution >= 0.6 is 24.8 Å². The Morgan fingerprint density at radius 3 is 2.79 bits per heavy atom. The summed E-state index contributed by atoms with van der Waals surface area (Å²) in [6.45, 7) is 1.52. The topological polar surface area (TPSA) is 104 Å². The molecule has 0 unspecified atom stereocenters. The molecule has 0 spiro atoms. The van der Waals surface area contributed by atoms with Gasteiger partial charge in [-0.05, 0) is 31.0 Å². The van der Waals surface area contributed by atoms with Crippen LogP contribution in [0, 0.1) is 11.6 Å². The molecule has 2 aromatic rings. The SMILES string of the molecule is Cl.Cl.N[C@H]1C[C@@H](N2CCc3c(C(=O)O)n[nH]c3C2)CO[C@@H]1c1cc(F)ccc1F. The molecule has 1 saturated heterocycles. The van der Waals surface area contributed by atoms with Crippen LogP contribution in [0.15, 0.2) is 18.2 Å². The van der Waals surface area contributed by atoms with Gasteiger partial charge in [0, 0.05) is 36.3 Å². The van der Waals surface area contributed by atoms with Gasteiger partial charge in [-0.15, -0.1) is 24.8 Å². The zero-order valence-corrected chi connectivity index (χ0v) is 16.9. The van der Waals surface area contributed by atoms with Crippen LogP contribution in [0.4, 0.5) is 8.78 Å². The van der Waals surface area contributed by atoms with E-state index in [-0.39, 0.29) is 42.1 Å². The smallest absolute Gasteiger partial charge is 0.356 e. The van der Waals surface area contributed by atoms with E-state index in [1.165, 1.54) is 0 Å². The quantitative estimate of drug-likeness (QED) is 0.663. The molecule has 29 heavy (non-hydrogen) atoms. The Hall–Kier alpha value is -1.78. The molecular weight excluding hydrogens is 429 g/mol. The number of aromatic carboxylic acids is 1. The van der Waals surface area contributed by atoms with Crippen molar-refractivity contribution in [1.82, 2.24) is 15.1 Å². The van der Waals surface area contributed by atoms with Gasteiger partial charge in [0.15, 0.2) is 5.69 Å². The average Bonchev–Trinajstić information content (AvgIpc) is 3.07. The first-order valence-electron chi connectivity index (χ1n) is 8.79. The summed E-state index contributed by atoms with van der Waals surface area (Å²) in [5.41, 5.74) is 7.96. The van der Waals surface area contributed by atoms with Crippen molar-refractivity contribution in [3.05, 3.63) is 52.3 Å². The first-order chi connectivity index (χ1) is 12.9. The first kappa shape index (κ1) is 23.5. The molecule has 0 bridgehead atoms. The summed E-state index contributed by atoms with van der Waals surface area (Å²) in [7, 11) is 0. The maximum atomic E-state index is 14.0. The van der Waals surface area contributed by atoms with E-state index < -0.39 is 29.7 Å². The largest absolute Gasteiger partial charge is 0.476 e. The molecule has 4 N–H and O–H groups in total. The molecule has 1 fully saturated rings. The Bertz CT molecular complexity index is 883. The molecule has 0 radical (unpaired) electrons. The number of rotatable bonds is 3. The van der Waals surface area contributed by atoms with Crippen molar-refractivity contribution in [1.29, 1.82) is 0 Å². The van der Waals surface area contributed by atoms with Crippen molar-refractivity contribution >= 4 is 30.8 Å². The minimum atomic E-state index is -1.04. The predicted octanol–water partition coefficient (Wildman–Crippen LogP) is 2.45. The number of ether oxygens (including phenoxy) is 1. The summed E-state index contributed by atoms with van der Waals surface area (Å²) in [5, 5.41) is 15.8. The second-order valence-electron chi connectivity index (χ2n) is 7.03. The maximum Gasteiger partial charge on any atom is 0.356 e. The highest BCUT2D eigenvalue weighted by molar-refractivity contribution is 5.87. The normalized spacial score (nSPS) is 24.2. The third-order valence-electron chi connectivity index (χ3n) is 5.35. The number of aromatic amines is 1. The van der Waals surface area contributed by atoms with Crippen molar-refractivity contribution in [2.45, 2.75) is 37.6 Å². The van der Waals surface area contributed by atoms with Crippen molar-refractivity contribution < 1.29 is 23.4 Å². The zero-order valence-electron chi connectivity index (χ0n) is 15.3. The van der Waals surface area contributed by atoms with Crippen molar-refractivity contribution in [2.24, 2.45) is 5.73 Å². The van der Waals surface area contributed by atoms with Crippen LogP contribution in [0.5, 0.6) is 0 Å². The molecule has 7 nitrogen and oxygen atoms in total. The third kappa shape index (κ3) is 4.54. The number of H-pyrrole nitrogens is 1. The van der Waals surface area contributed by atoms with Gasteiger partial charge in [-0.25, -0.2) is 13.6 Å². The molecule has 3 heterocycles. The summed E-state index contributed by atoms with van der Waals surface area (Å²) < 4.78 is 33.3. The Morgan fingerprint density at radius 2 is 2.10 bits per heavy atom. The summed E-state index contributed by atoms with van der Waals surface area (Å²) in [5.74, 6) is -2.10. The van der Waals surface area contributed by atoms with Gasteiger partial charge in [-0.2, -0.15) is 5.10 Å². The number of carboxylic acids is 1. The van der Waals surface area contributed by atoms with E-state index in [0.29, 0.717) is 32.5 Å². The number of carboxylic acid groups (broad SMARTS) is 1. The van der Waals surface area contributed by atoms with Gasteiger partial charge < -0.3 is 15.6 Å². The van der Waals surface area contributed by atoms with Gasteiger partial charge in [0.1, 0.15) is 17.7 Å². The van der Waals surface area contributed by atoms with Gasteiger partial charge in [-0.3, -0.25) is 10.00 Å². The lowest BCUT2D eigenvalue weighted by molar-refractivity contribution is -0.0550. The van der Waals surface area contributed by atoms with Crippen LogP contribution < -0.4 is 5.73 Å². The number of halogens is 4. The standard InChI is InChI=1S/C18H20F2N4O3.2ClH/c19-9-1-2-13(20)12(5-9)17-14(21)6-10(8-27-17)24-4-3-11-15(7-24)22-23-16(11)18(25)26;;/h1-2,5,10,14,17H,3-4,6-8,21H2,(H,22,23)(H,25,26);2*1H/t10-,14+,17-;;/m1../s1. The van der Waals surface area contributed by atoms with E-state index in [1.54, 1.807) is 0 Å².